The smallest absolute Gasteiger partial charge is 0.253 e. The monoisotopic (exact) mass is 437 g/mol. The Morgan fingerprint density at radius 1 is 1.25 bits per heavy atom. The first-order chi connectivity index (χ1) is 13.3. The summed E-state index contributed by atoms with van der Waals surface area (Å²) < 4.78 is 1.69. The molecular formula is C19H21Cl2N5OS. The van der Waals surface area contributed by atoms with E-state index >= 15 is 0 Å². The van der Waals surface area contributed by atoms with E-state index in [9.17, 15) is 4.79 Å². The molecule has 0 saturated heterocycles. The maximum atomic E-state index is 12.6. The molecule has 2 aromatic heterocycles. The molecule has 28 heavy (non-hydrogen) atoms. The first-order valence-corrected chi connectivity index (χ1v) is 10.8. The van der Waals surface area contributed by atoms with Crippen molar-refractivity contribution in [3.05, 3.63) is 50.8 Å². The van der Waals surface area contributed by atoms with Crippen LogP contribution in [0.15, 0.2) is 23.4 Å². The SMILES string of the molecule is CSc1nc2nc(C)c(CC(=O)NCC(C)c3c(Cl)cccc3Cl)c(C)n2n1. The van der Waals surface area contributed by atoms with E-state index < -0.39 is 0 Å². The summed E-state index contributed by atoms with van der Waals surface area (Å²) in [5.74, 6) is 0.450. The molecule has 0 fully saturated rings. The third kappa shape index (κ3) is 4.26. The van der Waals surface area contributed by atoms with Gasteiger partial charge in [-0.2, -0.15) is 4.98 Å². The number of rotatable bonds is 6. The highest BCUT2D eigenvalue weighted by atomic mass is 35.5. The molecule has 0 aliphatic rings. The molecule has 9 heteroatoms. The first kappa shape index (κ1) is 20.9. The lowest BCUT2D eigenvalue weighted by molar-refractivity contribution is -0.120. The summed E-state index contributed by atoms with van der Waals surface area (Å²) in [5, 5.41) is 9.25. The van der Waals surface area contributed by atoms with Crippen LogP contribution in [-0.2, 0) is 11.2 Å². The van der Waals surface area contributed by atoms with Gasteiger partial charge in [0.05, 0.1) is 6.42 Å². The number of nitrogens with one attached hydrogen (secondary N) is 1. The number of benzene rings is 1. The molecule has 1 N–H and O–H groups in total. The molecule has 0 aliphatic carbocycles. The number of carbonyl (C=O) groups is 1. The zero-order chi connectivity index (χ0) is 20.4. The van der Waals surface area contributed by atoms with Gasteiger partial charge in [0.2, 0.25) is 11.1 Å². The maximum absolute atomic E-state index is 12.6. The van der Waals surface area contributed by atoms with Gasteiger partial charge in [-0.3, -0.25) is 4.79 Å². The van der Waals surface area contributed by atoms with Crippen LogP contribution in [0.2, 0.25) is 10.0 Å². The molecule has 0 spiro atoms. The number of hydrogen-bond acceptors (Lipinski definition) is 5. The van der Waals surface area contributed by atoms with Crippen molar-refractivity contribution in [2.24, 2.45) is 0 Å². The normalized spacial score (nSPS) is 12.4. The zero-order valence-electron chi connectivity index (χ0n) is 16.1. The van der Waals surface area contributed by atoms with Gasteiger partial charge in [0.15, 0.2) is 0 Å². The number of hydrogen-bond donors (Lipinski definition) is 1. The van der Waals surface area contributed by atoms with Crippen molar-refractivity contribution in [2.75, 3.05) is 12.8 Å². The highest BCUT2D eigenvalue weighted by molar-refractivity contribution is 7.98. The fourth-order valence-corrected chi connectivity index (χ4v) is 4.21. The van der Waals surface area contributed by atoms with Crippen molar-refractivity contribution in [1.82, 2.24) is 24.9 Å². The highest BCUT2D eigenvalue weighted by Gasteiger charge is 2.18. The number of amides is 1. The van der Waals surface area contributed by atoms with Crippen molar-refractivity contribution in [1.29, 1.82) is 0 Å². The summed E-state index contributed by atoms with van der Waals surface area (Å²) in [6.07, 6.45) is 2.13. The molecule has 6 nitrogen and oxygen atoms in total. The second-order valence-electron chi connectivity index (χ2n) is 6.59. The minimum absolute atomic E-state index is 0.00704. The summed E-state index contributed by atoms with van der Waals surface area (Å²) in [6, 6.07) is 5.41. The molecule has 1 aromatic carbocycles. The lowest BCUT2D eigenvalue weighted by atomic mass is 10.0. The third-order valence-electron chi connectivity index (χ3n) is 4.65. The van der Waals surface area contributed by atoms with E-state index in [1.54, 1.807) is 22.7 Å². The first-order valence-electron chi connectivity index (χ1n) is 8.79. The van der Waals surface area contributed by atoms with E-state index in [0.717, 1.165) is 22.5 Å². The number of aryl methyl sites for hydroxylation is 2. The lowest BCUT2D eigenvalue weighted by Crippen LogP contribution is -2.30. The van der Waals surface area contributed by atoms with Crippen molar-refractivity contribution in [3.63, 3.8) is 0 Å². The minimum Gasteiger partial charge on any atom is -0.355 e. The Morgan fingerprint density at radius 2 is 1.93 bits per heavy atom. The Kier molecular flexibility index (Phi) is 6.47. The molecule has 148 valence electrons. The van der Waals surface area contributed by atoms with Crippen LogP contribution < -0.4 is 5.32 Å². The Labute approximate surface area is 178 Å². The van der Waals surface area contributed by atoms with Crippen molar-refractivity contribution < 1.29 is 4.79 Å². The molecule has 0 aliphatic heterocycles. The number of halogens is 2. The van der Waals surface area contributed by atoms with Crippen LogP contribution in [0, 0.1) is 13.8 Å². The van der Waals surface area contributed by atoms with Gasteiger partial charge in [-0.1, -0.05) is 48.0 Å². The van der Waals surface area contributed by atoms with Gasteiger partial charge in [0.25, 0.3) is 5.78 Å². The summed E-state index contributed by atoms with van der Waals surface area (Å²) in [5.41, 5.74) is 3.34. The second kappa shape index (κ2) is 8.68. The van der Waals surface area contributed by atoms with Gasteiger partial charge in [-0.15, -0.1) is 5.10 Å². The Balaban J connectivity index is 1.73. The number of fused-ring (bicyclic) bond motifs is 1. The van der Waals surface area contributed by atoms with Crippen molar-refractivity contribution in [2.45, 2.75) is 38.3 Å². The van der Waals surface area contributed by atoms with Gasteiger partial charge in [-0.25, -0.2) is 9.50 Å². The molecule has 3 aromatic rings. The summed E-state index contributed by atoms with van der Waals surface area (Å²) >= 11 is 14.0. The number of nitrogens with zero attached hydrogens (tertiary/aromatic N) is 4. The van der Waals surface area contributed by atoms with E-state index in [1.165, 1.54) is 11.8 Å². The van der Waals surface area contributed by atoms with E-state index in [2.05, 4.69) is 20.4 Å². The van der Waals surface area contributed by atoms with E-state index in [-0.39, 0.29) is 18.2 Å². The van der Waals surface area contributed by atoms with Gasteiger partial charge in [-0.05, 0) is 37.8 Å². The Morgan fingerprint density at radius 3 is 2.57 bits per heavy atom. The molecular weight excluding hydrogens is 417 g/mol. The van der Waals surface area contributed by atoms with Crippen LogP contribution in [0.1, 0.15) is 35.4 Å². The fourth-order valence-electron chi connectivity index (χ4n) is 3.11. The van der Waals surface area contributed by atoms with Crippen molar-refractivity contribution in [3.8, 4) is 0 Å². The Hall–Kier alpha value is -1.83. The zero-order valence-corrected chi connectivity index (χ0v) is 18.4. The molecule has 0 bridgehead atoms. The van der Waals surface area contributed by atoms with E-state index in [1.807, 2.05) is 27.0 Å². The predicted molar refractivity (Wildman–Crippen MR) is 114 cm³/mol. The topological polar surface area (TPSA) is 72.2 Å². The van der Waals surface area contributed by atoms with Gasteiger partial charge in [0.1, 0.15) is 0 Å². The van der Waals surface area contributed by atoms with Gasteiger partial charge in [0, 0.05) is 39.5 Å². The maximum Gasteiger partial charge on any atom is 0.253 e. The van der Waals surface area contributed by atoms with E-state index in [0.29, 0.717) is 27.5 Å². The predicted octanol–water partition coefficient (Wildman–Crippen LogP) is 4.23. The molecule has 1 atom stereocenters. The summed E-state index contributed by atoms with van der Waals surface area (Å²) in [4.78, 5) is 21.4. The fraction of sp³-hybridized carbons (Fsp3) is 0.368. The van der Waals surface area contributed by atoms with E-state index in [4.69, 9.17) is 23.2 Å². The molecule has 0 saturated carbocycles. The second-order valence-corrected chi connectivity index (χ2v) is 8.18. The van der Waals surface area contributed by atoms with Crippen LogP contribution in [0.3, 0.4) is 0 Å². The molecule has 0 radical (unpaired) electrons. The number of thioether (sulfide) groups is 1. The van der Waals surface area contributed by atoms with Crippen LogP contribution in [0.25, 0.3) is 5.78 Å². The van der Waals surface area contributed by atoms with Crippen LogP contribution in [0.4, 0.5) is 0 Å². The molecule has 2 heterocycles. The Bertz CT molecular complexity index is 1020. The number of carbonyl (C=O) groups excluding carboxylic acids is 1. The average Bonchev–Trinajstić information content (AvgIpc) is 3.06. The number of aromatic nitrogens is 4. The third-order valence-corrected chi connectivity index (χ3v) is 5.84. The summed E-state index contributed by atoms with van der Waals surface area (Å²) in [6.45, 7) is 6.23. The van der Waals surface area contributed by atoms with Crippen molar-refractivity contribution >= 4 is 46.6 Å². The van der Waals surface area contributed by atoms with Crippen LogP contribution in [0.5, 0.6) is 0 Å². The van der Waals surface area contributed by atoms with Crippen LogP contribution in [-0.4, -0.2) is 38.3 Å². The summed E-state index contributed by atoms with van der Waals surface area (Å²) in [7, 11) is 0. The van der Waals surface area contributed by atoms with Gasteiger partial charge >= 0.3 is 0 Å². The molecule has 3 rings (SSSR count). The average molecular weight is 438 g/mol. The highest BCUT2D eigenvalue weighted by Crippen LogP contribution is 2.31. The quantitative estimate of drug-likeness (QED) is 0.583. The van der Waals surface area contributed by atoms with Crippen LogP contribution >= 0.6 is 35.0 Å². The largest absolute Gasteiger partial charge is 0.355 e. The lowest BCUT2D eigenvalue weighted by Gasteiger charge is -2.17. The standard InChI is InChI=1S/C19H21Cl2N5OS/c1-10(17-14(20)6-5-7-15(17)21)9-22-16(27)8-13-11(2)23-18-24-19(28-4)25-26(18)12(13)3/h5-7,10H,8-9H2,1-4H3,(H,22,27). The minimum atomic E-state index is -0.0902. The molecule has 1 unspecified atom stereocenters. The molecule has 1 amide bonds. The van der Waals surface area contributed by atoms with Gasteiger partial charge < -0.3 is 5.32 Å².